The zero-order chi connectivity index (χ0) is 15.4. The first-order valence-corrected chi connectivity index (χ1v) is 8.14. The molecule has 0 unspecified atom stereocenters. The van der Waals surface area contributed by atoms with Crippen LogP contribution >= 0.6 is 11.8 Å². The molecule has 0 amide bonds. The van der Waals surface area contributed by atoms with Crippen molar-refractivity contribution >= 4 is 23.5 Å². The van der Waals surface area contributed by atoms with Crippen LogP contribution in [0.25, 0.3) is 5.78 Å². The van der Waals surface area contributed by atoms with Crippen molar-refractivity contribution in [2.75, 3.05) is 6.61 Å². The van der Waals surface area contributed by atoms with Crippen molar-refractivity contribution < 1.29 is 9.53 Å². The Kier molecular flexibility index (Phi) is 5.22. The summed E-state index contributed by atoms with van der Waals surface area (Å²) in [6, 6.07) is 2.04. The first-order chi connectivity index (χ1) is 9.99. The summed E-state index contributed by atoms with van der Waals surface area (Å²) in [5, 5.41) is 0.213. The lowest BCUT2D eigenvalue weighted by molar-refractivity contribution is -0.142. The van der Waals surface area contributed by atoms with Gasteiger partial charge in [-0.2, -0.15) is 11.8 Å². The molecule has 0 fully saturated rings. The Hall–Kier alpha value is -1.56. The standard InChI is InChI=1S/C15H21N3O2S/c1-5-20-14(19)7-12(4)21-9-13-8-18-11(3)6-10(2)16-15(18)17-13/h6,8,12H,5,7,9H2,1-4H3/t12-/m0/s1. The lowest BCUT2D eigenvalue weighted by atomic mass is 10.3. The topological polar surface area (TPSA) is 56.5 Å². The molecule has 0 aliphatic heterocycles. The molecule has 0 N–H and O–H groups in total. The molecule has 2 rings (SSSR count). The van der Waals surface area contributed by atoms with Gasteiger partial charge in [0, 0.05) is 28.6 Å². The van der Waals surface area contributed by atoms with Crippen LogP contribution in [0.3, 0.4) is 0 Å². The molecule has 1 atom stereocenters. The monoisotopic (exact) mass is 307 g/mol. The third-order valence-corrected chi connectivity index (χ3v) is 4.28. The van der Waals surface area contributed by atoms with E-state index in [1.165, 1.54) is 0 Å². The summed E-state index contributed by atoms with van der Waals surface area (Å²) in [4.78, 5) is 20.4. The van der Waals surface area contributed by atoms with Crippen LogP contribution in [0.2, 0.25) is 0 Å². The number of fused-ring (bicyclic) bond motifs is 1. The number of carbonyl (C=O) groups is 1. The van der Waals surface area contributed by atoms with Crippen molar-refractivity contribution in [2.45, 2.75) is 45.1 Å². The van der Waals surface area contributed by atoms with E-state index in [1.54, 1.807) is 11.8 Å². The lowest BCUT2D eigenvalue weighted by Crippen LogP contribution is -2.10. The predicted octanol–water partition coefficient (Wildman–Crippen LogP) is 2.92. The van der Waals surface area contributed by atoms with Gasteiger partial charge in [0.05, 0.1) is 18.7 Å². The van der Waals surface area contributed by atoms with Gasteiger partial charge in [-0.15, -0.1) is 0 Å². The third-order valence-electron chi connectivity index (χ3n) is 3.09. The largest absolute Gasteiger partial charge is 0.466 e. The Bertz CT molecular complexity index is 639. The number of esters is 1. The Labute approximate surface area is 129 Å². The maximum Gasteiger partial charge on any atom is 0.306 e. The molecule has 0 bridgehead atoms. The van der Waals surface area contributed by atoms with Crippen LogP contribution in [0.5, 0.6) is 0 Å². The molecule has 6 heteroatoms. The minimum Gasteiger partial charge on any atom is -0.466 e. The fourth-order valence-corrected chi connectivity index (χ4v) is 2.98. The summed E-state index contributed by atoms with van der Waals surface area (Å²) < 4.78 is 6.96. The van der Waals surface area contributed by atoms with Gasteiger partial charge in [0.15, 0.2) is 0 Å². The number of nitrogens with zero attached hydrogens (tertiary/aromatic N) is 3. The number of rotatable bonds is 6. The Balaban J connectivity index is 1.97. The van der Waals surface area contributed by atoms with Gasteiger partial charge in [-0.05, 0) is 26.8 Å². The lowest BCUT2D eigenvalue weighted by Gasteiger charge is -2.08. The second-order valence-electron chi connectivity index (χ2n) is 5.07. The maximum absolute atomic E-state index is 11.4. The summed E-state index contributed by atoms with van der Waals surface area (Å²) in [5.41, 5.74) is 3.08. The van der Waals surface area contributed by atoms with E-state index in [2.05, 4.69) is 9.97 Å². The molecule has 2 aromatic rings. The van der Waals surface area contributed by atoms with Gasteiger partial charge in [0.1, 0.15) is 0 Å². The molecule has 21 heavy (non-hydrogen) atoms. The van der Waals surface area contributed by atoms with Crippen LogP contribution in [0.4, 0.5) is 0 Å². The van der Waals surface area contributed by atoms with E-state index in [0.717, 1.165) is 28.6 Å². The fourth-order valence-electron chi connectivity index (χ4n) is 2.13. The van der Waals surface area contributed by atoms with E-state index in [-0.39, 0.29) is 11.2 Å². The minimum atomic E-state index is -0.138. The van der Waals surface area contributed by atoms with Crippen LogP contribution in [0, 0.1) is 13.8 Å². The summed E-state index contributed by atoms with van der Waals surface area (Å²) >= 11 is 1.70. The van der Waals surface area contributed by atoms with Gasteiger partial charge >= 0.3 is 5.97 Å². The Morgan fingerprint density at radius 1 is 1.43 bits per heavy atom. The molecular weight excluding hydrogens is 286 g/mol. The predicted molar refractivity (Wildman–Crippen MR) is 84.5 cm³/mol. The van der Waals surface area contributed by atoms with Crippen LogP contribution in [0.1, 0.15) is 37.4 Å². The summed E-state index contributed by atoms with van der Waals surface area (Å²) in [5.74, 6) is 1.37. The Morgan fingerprint density at radius 3 is 2.90 bits per heavy atom. The summed E-state index contributed by atoms with van der Waals surface area (Å²) in [7, 11) is 0. The number of aromatic nitrogens is 3. The normalized spacial score (nSPS) is 12.6. The number of imidazole rings is 1. The number of hydrogen-bond donors (Lipinski definition) is 0. The van der Waals surface area contributed by atoms with Gasteiger partial charge in [-0.1, -0.05) is 6.92 Å². The summed E-state index contributed by atoms with van der Waals surface area (Å²) in [6.07, 6.45) is 2.45. The highest BCUT2D eigenvalue weighted by molar-refractivity contribution is 7.99. The number of ether oxygens (including phenoxy) is 1. The van der Waals surface area contributed by atoms with E-state index in [0.29, 0.717) is 13.0 Å². The van der Waals surface area contributed by atoms with Crippen molar-refractivity contribution in [3.63, 3.8) is 0 Å². The van der Waals surface area contributed by atoms with Crippen molar-refractivity contribution in [3.8, 4) is 0 Å². The number of hydrogen-bond acceptors (Lipinski definition) is 5. The van der Waals surface area contributed by atoms with Crippen LogP contribution < -0.4 is 0 Å². The van der Waals surface area contributed by atoms with Gasteiger partial charge < -0.3 is 4.74 Å². The van der Waals surface area contributed by atoms with E-state index in [1.807, 2.05) is 44.4 Å². The average molecular weight is 307 g/mol. The molecule has 0 aliphatic rings. The van der Waals surface area contributed by atoms with E-state index < -0.39 is 0 Å². The highest BCUT2D eigenvalue weighted by Gasteiger charge is 2.12. The van der Waals surface area contributed by atoms with Gasteiger partial charge in [-0.25, -0.2) is 9.97 Å². The molecule has 0 saturated carbocycles. The third kappa shape index (κ3) is 4.20. The zero-order valence-corrected chi connectivity index (χ0v) is 13.7. The van der Waals surface area contributed by atoms with E-state index in [4.69, 9.17) is 4.74 Å². The second-order valence-corrected chi connectivity index (χ2v) is 6.50. The van der Waals surface area contributed by atoms with Gasteiger partial charge in [0.2, 0.25) is 5.78 Å². The molecule has 0 aromatic carbocycles. The molecule has 0 saturated heterocycles. The molecule has 0 radical (unpaired) electrons. The summed E-state index contributed by atoms with van der Waals surface area (Å²) in [6.45, 7) is 8.31. The van der Waals surface area contributed by atoms with Crippen molar-refractivity contribution in [3.05, 3.63) is 29.3 Å². The average Bonchev–Trinajstić information content (AvgIpc) is 2.79. The van der Waals surface area contributed by atoms with Crippen molar-refractivity contribution in [1.29, 1.82) is 0 Å². The van der Waals surface area contributed by atoms with E-state index in [9.17, 15) is 4.79 Å². The Morgan fingerprint density at radius 2 is 2.19 bits per heavy atom. The maximum atomic E-state index is 11.4. The second kappa shape index (κ2) is 6.93. The SMILES string of the molecule is CCOC(=O)C[C@H](C)SCc1cn2c(C)cc(C)nc2n1. The van der Waals surface area contributed by atoms with Crippen LogP contribution in [-0.4, -0.2) is 32.2 Å². The molecule has 114 valence electrons. The highest BCUT2D eigenvalue weighted by Crippen LogP contribution is 2.20. The van der Waals surface area contributed by atoms with Crippen molar-refractivity contribution in [2.24, 2.45) is 0 Å². The molecule has 2 heterocycles. The zero-order valence-electron chi connectivity index (χ0n) is 12.9. The quantitative estimate of drug-likeness (QED) is 0.768. The smallest absolute Gasteiger partial charge is 0.306 e. The van der Waals surface area contributed by atoms with Gasteiger partial charge in [-0.3, -0.25) is 9.20 Å². The number of carbonyl (C=O) groups excluding carboxylic acids is 1. The number of aryl methyl sites for hydroxylation is 2. The molecular formula is C15H21N3O2S. The molecule has 5 nitrogen and oxygen atoms in total. The van der Waals surface area contributed by atoms with E-state index >= 15 is 0 Å². The first-order valence-electron chi connectivity index (χ1n) is 7.09. The minimum absolute atomic E-state index is 0.138. The highest BCUT2D eigenvalue weighted by atomic mass is 32.2. The van der Waals surface area contributed by atoms with Crippen LogP contribution in [-0.2, 0) is 15.3 Å². The fraction of sp³-hybridized carbons (Fsp3) is 0.533. The van der Waals surface area contributed by atoms with Crippen LogP contribution in [0.15, 0.2) is 12.3 Å². The first kappa shape index (κ1) is 15.8. The van der Waals surface area contributed by atoms with Crippen molar-refractivity contribution in [1.82, 2.24) is 14.4 Å². The number of thioether (sulfide) groups is 1. The molecule has 0 spiro atoms. The molecule has 2 aromatic heterocycles. The van der Waals surface area contributed by atoms with Gasteiger partial charge in [0.25, 0.3) is 0 Å². The molecule has 0 aliphatic carbocycles.